The van der Waals surface area contributed by atoms with Crippen LogP contribution in [0.25, 0.3) is 0 Å². The molecule has 1 aromatic rings. The van der Waals surface area contributed by atoms with Gasteiger partial charge in [0.1, 0.15) is 0 Å². The molecule has 0 amide bonds. The minimum absolute atomic E-state index is 0.538. The van der Waals surface area contributed by atoms with Crippen LogP contribution in [-0.4, -0.2) is 24.5 Å². The maximum Gasteiger partial charge on any atom is 0.0247 e. The van der Waals surface area contributed by atoms with E-state index in [0.717, 1.165) is 19.0 Å². The maximum atomic E-state index is 5.92. The van der Waals surface area contributed by atoms with Crippen LogP contribution >= 0.6 is 15.9 Å². The highest BCUT2D eigenvalue weighted by atomic mass is 79.9. The van der Waals surface area contributed by atoms with Gasteiger partial charge in [-0.05, 0) is 37.4 Å². The van der Waals surface area contributed by atoms with Crippen molar-refractivity contribution < 1.29 is 0 Å². The molecule has 2 rings (SSSR count). The van der Waals surface area contributed by atoms with Crippen molar-refractivity contribution >= 4 is 15.9 Å². The molecule has 1 saturated carbocycles. The minimum Gasteiger partial charge on any atom is -0.329 e. The molecule has 1 atom stereocenters. The van der Waals surface area contributed by atoms with Gasteiger partial charge in [0.15, 0.2) is 0 Å². The Morgan fingerprint density at radius 3 is 2.65 bits per heavy atom. The second-order valence-electron chi connectivity index (χ2n) is 5.00. The fraction of sp³-hybridized carbons (Fsp3) is 0.571. The van der Waals surface area contributed by atoms with Gasteiger partial charge in [-0.25, -0.2) is 0 Å². The van der Waals surface area contributed by atoms with E-state index < -0.39 is 0 Å². The van der Waals surface area contributed by atoms with Crippen LogP contribution in [0.3, 0.4) is 0 Å². The van der Waals surface area contributed by atoms with Crippen LogP contribution in [0, 0.1) is 5.92 Å². The fourth-order valence-electron chi connectivity index (χ4n) is 2.57. The van der Waals surface area contributed by atoms with Crippen LogP contribution in [0.2, 0.25) is 0 Å². The Kier molecular flexibility index (Phi) is 4.60. The molecular formula is C14H21BrN2. The maximum absolute atomic E-state index is 5.92. The molecule has 1 aliphatic carbocycles. The molecular weight excluding hydrogens is 276 g/mol. The SMILES string of the molecule is CN(Cc1ccccc1Br)C(CN)C1CCC1. The number of benzene rings is 1. The summed E-state index contributed by atoms with van der Waals surface area (Å²) < 4.78 is 1.19. The molecule has 2 N–H and O–H groups in total. The number of rotatable bonds is 5. The van der Waals surface area contributed by atoms with E-state index in [1.165, 1.54) is 29.3 Å². The molecule has 2 nitrogen and oxygen atoms in total. The van der Waals surface area contributed by atoms with Crippen LogP contribution in [-0.2, 0) is 6.54 Å². The van der Waals surface area contributed by atoms with E-state index in [1.54, 1.807) is 0 Å². The second kappa shape index (κ2) is 5.98. The average Bonchev–Trinajstić information content (AvgIpc) is 2.26. The number of halogens is 1. The van der Waals surface area contributed by atoms with E-state index in [4.69, 9.17) is 5.73 Å². The van der Waals surface area contributed by atoms with Crippen molar-refractivity contribution in [3.63, 3.8) is 0 Å². The first kappa shape index (κ1) is 13.1. The lowest BCUT2D eigenvalue weighted by Crippen LogP contribution is -2.45. The molecule has 94 valence electrons. The lowest BCUT2D eigenvalue weighted by atomic mass is 9.79. The van der Waals surface area contributed by atoms with Crippen molar-refractivity contribution in [2.75, 3.05) is 13.6 Å². The third kappa shape index (κ3) is 3.09. The van der Waals surface area contributed by atoms with Gasteiger partial charge in [0, 0.05) is 23.6 Å². The number of hydrogen-bond acceptors (Lipinski definition) is 2. The van der Waals surface area contributed by atoms with Crippen molar-refractivity contribution in [1.82, 2.24) is 4.90 Å². The summed E-state index contributed by atoms with van der Waals surface area (Å²) >= 11 is 3.61. The van der Waals surface area contributed by atoms with Crippen molar-refractivity contribution in [3.8, 4) is 0 Å². The average molecular weight is 297 g/mol. The van der Waals surface area contributed by atoms with Crippen LogP contribution in [0.15, 0.2) is 28.7 Å². The lowest BCUT2D eigenvalue weighted by Gasteiger charge is -2.39. The molecule has 0 spiro atoms. The summed E-state index contributed by atoms with van der Waals surface area (Å²) in [5.41, 5.74) is 7.26. The Morgan fingerprint density at radius 1 is 1.41 bits per heavy atom. The van der Waals surface area contributed by atoms with Gasteiger partial charge < -0.3 is 5.73 Å². The second-order valence-corrected chi connectivity index (χ2v) is 5.85. The largest absolute Gasteiger partial charge is 0.329 e. The Labute approximate surface area is 112 Å². The Balaban J connectivity index is 1.99. The van der Waals surface area contributed by atoms with Gasteiger partial charge in [0.25, 0.3) is 0 Å². The zero-order valence-corrected chi connectivity index (χ0v) is 12.0. The van der Waals surface area contributed by atoms with Gasteiger partial charge in [-0.3, -0.25) is 4.90 Å². The van der Waals surface area contributed by atoms with Crippen LogP contribution < -0.4 is 5.73 Å². The smallest absolute Gasteiger partial charge is 0.0247 e. The first-order chi connectivity index (χ1) is 8.22. The van der Waals surface area contributed by atoms with Gasteiger partial charge in [0.05, 0.1) is 0 Å². The van der Waals surface area contributed by atoms with Gasteiger partial charge in [-0.1, -0.05) is 40.5 Å². The molecule has 0 heterocycles. The highest BCUT2D eigenvalue weighted by Gasteiger charge is 2.29. The first-order valence-corrected chi connectivity index (χ1v) is 7.15. The van der Waals surface area contributed by atoms with Gasteiger partial charge in [-0.15, -0.1) is 0 Å². The van der Waals surface area contributed by atoms with Gasteiger partial charge in [-0.2, -0.15) is 0 Å². The van der Waals surface area contributed by atoms with E-state index in [2.05, 4.69) is 52.1 Å². The summed E-state index contributed by atoms with van der Waals surface area (Å²) in [5, 5.41) is 0. The molecule has 1 aromatic carbocycles. The van der Waals surface area contributed by atoms with Crippen molar-refractivity contribution in [1.29, 1.82) is 0 Å². The summed E-state index contributed by atoms with van der Waals surface area (Å²) in [6.07, 6.45) is 4.08. The van der Waals surface area contributed by atoms with Crippen LogP contribution in [0.1, 0.15) is 24.8 Å². The number of nitrogens with zero attached hydrogens (tertiary/aromatic N) is 1. The molecule has 1 aliphatic rings. The zero-order chi connectivity index (χ0) is 12.3. The van der Waals surface area contributed by atoms with Crippen molar-refractivity contribution in [2.45, 2.75) is 31.8 Å². The predicted molar refractivity (Wildman–Crippen MR) is 75.8 cm³/mol. The molecule has 3 heteroatoms. The Bertz CT molecular complexity index is 363. The third-order valence-electron chi connectivity index (χ3n) is 3.88. The quantitative estimate of drug-likeness (QED) is 0.905. The molecule has 0 radical (unpaired) electrons. The fourth-order valence-corrected chi connectivity index (χ4v) is 2.98. The van der Waals surface area contributed by atoms with Crippen LogP contribution in [0.4, 0.5) is 0 Å². The molecule has 0 saturated heterocycles. The number of nitrogens with two attached hydrogens (primary N) is 1. The molecule has 0 bridgehead atoms. The molecule has 0 aliphatic heterocycles. The summed E-state index contributed by atoms with van der Waals surface area (Å²) in [4.78, 5) is 2.41. The zero-order valence-electron chi connectivity index (χ0n) is 10.4. The monoisotopic (exact) mass is 296 g/mol. The normalized spacial score (nSPS) is 18.1. The first-order valence-electron chi connectivity index (χ1n) is 6.36. The third-order valence-corrected chi connectivity index (χ3v) is 4.65. The standard InChI is InChI=1S/C14H21BrN2/c1-17(14(9-16)11-6-4-7-11)10-12-5-2-3-8-13(12)15/h2-3,5,8,11,14H,4,6-7,9-10,16H2,1H3. The minimum atomic E-state index is 0.538. The van der Waals surface area contributed by atoms with E-state index in [1.807, 2.05) is 0 Å². The molecule has 1 unspecified atom stereocenters. The Morgan fingerprint density at radius 2 is 2.12 bits per heavy atom. The highest BCUT2D eigenvalue weighted by Crippen LogP contribution is 2.32. The summed E-state index contributed by atoms with van der Waals surface area (Å²) in [7, 11) is 2.19. The van der Waals surface area contributed by atoms with Crippen molar-refractivity contribution in [3.05, 3.63) is 34.3 Å². The van der Waals surface area contributed by atoms with E-state index in [-0.39, 0.29) is 0 Å². The number of hydrogen-bond donors (Lipinski definition) is 1. The summed E-state index contributed by atoms with van der Waals surface area (Å²) in [6, 6.07) is 8.96. The van der Waals surface area contributed by atoms with Crippen LogP contribution in [0.5, 0.6) is 0 Å². The lowest BCUT2D eigenvalue weighted by molar-refractivity contribution is 0.118. The topological polar surface area (TPSA) is 29.3 Å². The summed E-state index contributed by atoms with van der Waals surface area (Å²) in [6.45, 7) is 1.74. The number of likely N-dealkylation sites (N-methyl/N-ethyl adjacent to an activating group) is 1. The molecule has 0 aromatic heterocycles. The summed E-state index contributed by atoms with van der Waals surface area (Å²) in [5.74, 6) is 0.812. The predicted octanol–water partition coefficient (Wildman–Crippen LogP) is 3.01. The van der Waals surface area contributed by atoms with E-state index in [9.17, 15) is 0 Å². The molecule has 17 heavy (non-hydrogen) atoms. The Hall–Kier alpha value is -0.380. The van der Waals surface area contributed by atoms with Gasteiger partial charge >= 0.3 is 0 Å². The molecule has 1 fully saturated rings. The van der Waals surface area contributed by atoms with Gasteiger partial charge in [0.2, 0.25) is 0 Å². The van der Waals surface area contributed by atoms with Crippen molar-refractivity contribution in [2.24, 2.45) is 11.7 Å². The van der Waals surface area contributed by atoms with E-state index >= 15 is 0 Å². The van der Waals surface area contributed by atoms with E-state index in [0.29, 0.717) is 6.04 Å². The highest BCUT2D eigenvalue weighted by molar-refractivity contribution is 9.10.